The van der Waals surface area contributed by atoms with Gasteiger partial charge in [-0.1, -0.05) is 26.0 Å². The van der Waals surface area contributed by atoms with Crippen molar-refractivity contribution in [3.8, 4) is 0 Å². The van der Waals surface area contributed by atoms with Crippen LogP contribution in [0.3, 0.4) is 0 Å². The Hall–Kier alpha value is -3.06. The van der Waals surface area contributed by atoms with Crippen LogP contribution in [-0.4, -0.2) is 44.8 Å². The van der Waals surface area contributed by atoms with E-state index in [9.17, 15) is 9.59 Å². The fourth-order valence-corrected chi connectivity index (χ4v) is 4.40. The zero-order valence-corrected chi connectivity index (χ0v) is 18.0. The lowest BCUT2D eigenvalue weighted by molar-refractivity contribution is -0.121. The minimum absolute atomic E-state index is 0.153. The van der Waals surface area contributed by atoms with E-state index in [1.807, 2.05) is 12.1 Å². The Morgan fingerprint density at radius 1 is 1.19 bits per heavy atom. The number of carbonyl (C=O) groups excluding carboxylic acids is 2. The van der Waals surface area contributed by atoms with Gasteiger partial charge in [0.25, 0.3) is 5.91 Å². The fraction of sp³-hybridized carbons (Fsp3) is 0.417. The number of ether oxygens (including phenoxy) is 2. The molecule has 0 aliphatic carbocycles. The van der Waals surface area contributed by atoms with Crippen LogP contribution in [0.5, 0.6) is 0 Å². The number of nitrogens with one attached hydrogen (secondary N) is 1. The summed E-state index contributed by atoms with van der Waals surface area (Å²) in [6.07, 6.45) is 0.881. The summed E-state index contributed by atoms with van der Waals surface area (Å²) in [5, 5.41) is 3.65. The zero-order chi connectivity index (χ0) is 22.0. The van der Waals surface area contributed by atoms with E-state index in [1.165, 1.54) is 11.3 Å². The second kappa shape index (κ2) is 8.59. The SMILES string of the molecule is CC1(C)CC(c2cccc(N3CCOCC3)c2)Nc2ccc(C(=O)OCC(N)=O)cc21. The van der Waals surface area contributed by atoms with Gasteiger partial charge in [0.15, 0.2) is 6.61 Å². The molecule has 1 atom stereocenters. The monoisotopic (exact) mass is 423 g/mol. The second-order valence-electron chi connectivity index (χ2n) is 8.78. The number of esters is 1. The maximum absolute atomic E-state index is 12.3. The molecule has 2 aromatic carbocycles. The Morgan fingerprint density at radius 3 is 2.71 bits per heavy atom. The van der Waals surface area contributed by atoms with Crippen LogP contribution in [0, 0.1) is 0 Å². The summed E-state index contributed by atoms with van der Waals surface area (Å²) in [7, 11) is 0. The van der Waals surface area contributed by atoms with Gasteiger partial charge in [-0.15, -0.1) is 0 Å². The maximum atomic E-state index is 12.3. The lowest BCUT2D eigenvalue weighted by Gasteiger charge is -2.39. The number of morpholine rings is 1. The third kappa shape index (κ3) is 4.66. The van der Waals surface area contributed by atoms with Crippen LogP contribution in [0.4, 0.5) is 11.4 Å². The summed E-state index contributed by atoms with van der Waals surface area (Å²) in [5.74, 6) is -1.21. The number of carbonyl (C=O) groups is 2. The van der Waals surface area contributed by atoms with Gasteiger partial charge in [0.1, 0.15) is 0 Å². The van der Waals surface area contributed by atoms with Gasteiger partial charge >= 0.3 is 5.97 Å². The average molecular weight is 424 g/mol. The molecule has 2 aliphatic rings. The summed E-state index contributed by atoms with van der Waals surface area (Å²) in [6, 6.07) is 14.3. The predicted octanol–water partition coefficient (Wildman–Crippen LogP) is 3.00. The highest BCUT2D eigenvalue weighted by molar-refractivity contribution is 5.92. The van der Waals surface area contributed by atoms with Crippen LogP contribution in [0.25, 0.3) is 0 Å². The van der Waals surface area contributed by atoms with Gasteiger partial charge in [0, 0.05) is 24.5 Å². The molecule has 0 spiro atoms. The molecule has 7 nitrogen and oxygen atoms in total. The molecule has 3 N–H and O–H groups in total. The van der Waals surface area contributed by atoms with Crippen LogP contribution in [0.15, 0.2) is 42.5 Å². The number of nitrogens with zero attached hydrogens (tertiary/aromatic N) is 1. The summed E-state index contributed by atoms with van der Waals surface area (Å²) in [5.41, 5.74) is 9.86. The van der Waals surface area contributed by atoms with E-state index >= 15 is 0 Å². The van der Waals surface area contributed by atoms with Crippen molar-refractivity contribution in [2.75, 3.05) is 43.1 Å². The molecular weight excluding hydrogens is 394 g/mol. The van der Waals surface area contributed by atoms with Gasteiger partial charge in [-0.3, -0.25) is 4.79 Å². The van der Waals surface area contributed by atoms with Gasteiger partial charge < -0.3 is 25.4 Å². The number of benzene rings is 2. The number of hydrogen-bond acceptors (Lipinski definition) is 6. The highest BCUT2D eigenvalue weighted by Gasteiger charge is 2.34. The van der Waals surface area contributed by atoms with Crippen molar-refractivity contribution in [1.29, 1.82) is 0 Å². The predicted molar refractivity (Wildman–Crippen MR) is 119 cm³/mol. The first kappa shape index (κ1) is 21.2. The normalized spacial score (nSPS) is 19.8. The Bertz CT molecular complexity index is 983. The van der Waals surface area contributed by atoms with E-state index in [4.69, 9.17) is 15.2 Å². The molecular formula is C24H29N3O4. The largest absolute Gasteiger partial charge is 0.452 e. The zero-order valence-electron chi connectivity index (χ0n) is 18.0. The Balaban J connectivity index is 1.56. The molecule has 0 radical (unpaired) electrons. The molecule has 1 amide bonds. The third-order valence-electron chi connectivity index (χ3n) is 6.02. The third-order valence-corrected chi connectivity index (χ3v) is 6.02. The smallest absolute Gasteiger partial charge is 0.338 e. The standard InChI is InChI=1S/C24H29N3O4/c1-24(2)14-21(16-4-3-5-18(12-16)27-8-10-30-11-9-27)26-20-7-6-17(13-19(20)24)23(29)31-15-22(25)28/h3-7,12-13,21,26H,8-11,14-15H2,1-2H3,(H2,25,28). The van der Waals surface area contributed by atoms with Crippen LogP contribution in [0.1, 0.15) is 47.8 Å². The van der Waals surface area contributed by atoms with Crippen LogP contribution in [-0.2, 0) is 19.7 Å². The molecule has 4 rings (SSSR count). The molecule has 7 heteroatoms. The second-order valence-corrected chi connectivity index (χ2v) is 8.78. The van der Waals surface area contributed by atoms with Gasteiger partial charge in [-0.05, 0) is 53.3 Å². The molecule has 31 heavy (non-hydrogen) atoms. The molecule has 0 aromatic heterocycles. The molecule has 1 saturated heterocycles. The molecule has 2 aliphatic heterocycles. The summed E-state index contributed by atoms with van der Waals surface area (Å²) < 4.78 is 10.4. The number of hydrogen-bond donors (Lipinski definition) is 2. The van der Waals surface area contributed by atoms with E-state index in [2.05, 4.69) is 48.3 Å². The number of amides is 1. The van der Waals surface area contributed by atoms with Crippen molar-refractivity contribution in [2.24, 2.45) is 5.73 Å². The highest BCUT2D eigenvalue weighted by Crippen LogP contribution is 2.44. The Labute approximate surface area is 182 Å². The first-order chi connectivity index (χ1) is 14.8. The minimum atomic E-state index is -0.671. The van der Waals surface area contributed by atoms with E-state index < -0.39 is 18.5 Å². The first-order valence-electron chi connectivity index (χ1n) is 10.6. The number of anilines is 2. The van der Waals surface area contributed by atoms with Gasteiger partial charge in [0.2, 0.25) is 0 Å². The lowest BCUT2D eigenvalue weighted by Crippen LogP contribution is -2.36. The van der Waals surface area contributed by atoms with Gasteiger partial charge in [0.05, 0.1) is 24.8 Å². The summed E-state index contributed by atoms with van der Waals surface area (Å²) in [6.45, 7) is 7.29. The van der Waals surface area contributed by atoms with E-state index in [1.54, 1.807) is 6.07 Å². The van der Waals surface area contributed by atoms with Crippen molar-refractivity contribution >= 4 is 23.3 Å². The average Bonchev–Trinajstić information content (AvgIpc) is 2.77. The van der Waals surface area contributed by atoms with Crippen LogP contribution >= 0.6 is 0 Å². The summed E-state index contributed by atoms with van der Waals surface area (Å²) in [4.78, 5) is 25.5. The molecule has 0 saturated carbocycles. The lowest BCUT2D eigenvalue weighted by atomic mass is 9.73. The number of rotatable bonds is 5. The molecule has 2 heterocycles. The molecule has 2 aromatic rings. The number of fused-ring (bicyclic) bond motifs is 1. The van der Waals surface area contributed by atoms with Crippen molar-refractivity contribution in [3.05, 3.63) is 59.2 Å². The van der Waals surface area contributed by atoms with Crippen molar-refractivity contribution in [2.45, 2.75) is 31.7 Å². The quantitative estimate of drug-likeness (QED) is 0.718. The fourth-order valence-electron chi connectivity index (χ4n) is 4.40. The molecule has 164 valence electrons. The van der Waals surface area contributed by atoms with E-state index in [0.717, 1.165) is 44.0 Å². The van der Waals surface area contributed by atoms with E-state index in [0.29, 0.717) is 5.56 Å². The van der Waals surface area contributed by atoms with E-state index in [-0.39, 0.29) is 11.5 Å². The van der Waals surface area contributed by atoms with Crippen molar-refractivity contribution in [3.63, 3.8) is 0 Å². The van der Waals surface area contributed by atoms with Crippen LogP contribution in [0.2, 0.25) is 0 Å². The Morgan fingerprint density at radius 2 is 1.97 bits per heavy atom. The Kier molecular flexibility index (Phi) is 5.87. The highest BCUT2D eigenvalue weighted by atomic mass is 16.5. The minimum Gasteiger partial charge on any atom is -0.452 e. The molecule has 0 bridgehead atoms. The summed E-state index contributed by atoms with van der Waals surface area (Å²) >= 11 is 0. The number of primary amides is 1. The van der Waals surface area contributed by atoms with Crippen molar-refractivity contribution < 1.29 is 19.1 Å². The van der Waals surface area contributed by atoms with Crippen molar-refractivity contribution in [1.82, 2.24) is 0 Å². The van der Waals surface area contributed by atoms with Gasteiger partial charge in [-0.25, -0.2) is 4.79 Å². The molecule has 1 unspecified atom stereocenters. The first-order valence-corrected chi connectivity index (χ1v) is 10.6. The van der Waals surface area contributed by atoms with Gasteiger partial charge in [-0.2, -0.15) is 0 Å². The number of nitrogens with two attached hydrogens (primary N) is 1. The topological polar surface area (TPSA) is 93.9 Å². The molecule has 1 fully saturated rings. The maximum Gasteiger partial charge on any atom is 0.338 e. The van der Waals surface area contributed by atoms with Crippen LogP contribution < -0.4 is 16.0 Å².